The number of rotatable bonds is 6. The lowest BCUT2D eigenvalue weighted by molar-refractivity contribution is -0.143. The third-order valence-electron chi connectivity index (χ3n) is 5.57. The van der Waals surface area contributed by atoms with Crippen LogP contribution >= 0.6 is 0 Å². The molecule has 1 fully saturated rings. The largest absolute Gasteiger partial charge is 0.480 e. The first kappa shape index (κ1) is 18.9. The van der Waals surface area contributed by atoms with Crippen LogP contribution in [0.1, 0.15) is 57.6 Å². The van der Waals surface area contributed by atoms with Gasteiger partial charge in [-0.2, -0.15) is 0 Å². The van der Waals surface area contributed by atoms with Crippen molar-refractivity contribution in [3.63, 3.8) is 0 Å². The Morgan fingerprint density at radius 1 is 1.35 bits per heavy atom. The van der Waals surface area contributed by atoms with Crippen LogP contribution in [-0.4, -0.2) is 35.2 Å². The number of carboxylic acid groups (broad SMARTS) is 1. The number of aliphatic carboxylic acids is 1. The molecule has 0 aromatic heterocycles. The molecule has 2 aliphatic carbocycles. The summed E-state index contributed by atoms with van der Waals surface area (Å²) in [5, 5.41) is 12.2. The van der Waals surface area contributed by atoms with Crippen LogP contribution in [0.4, 0.5) is 0 Å². The van der Waals surface area contributed by atoms with Gasteiger partial charge in [-0.15, -0.1) is 0 Å². The molecule has 3 atom stereocenters. The lowest BCUT2D eigenvalue weighted by Crippen LogP contribution is -2.43. The van der Waals surface area contributed by atoms with Crippen LogP contribution in [0.25, 0.3) is 0 Å². The number of hydrogen-bond donors (Lipinski definition) is 2. The van der Waals surface area contributed by atoms with Crippen molar-refractivity contribution in [1.29, 1.82) is 0 Å². The van der Waals surface area contributed by atoms with Gasteiger partial charge in [0.1, 0.15) is 6.04 Å². The fraction of sp³-hybridized carbons (Fsp3) is 0.619. The molecule has 0 bridgehead atoms. The van der Waals surface area contributed by atoms with Crippen molar-refractivity contribution in [2.24, 2.45) is 5.92 Å². The molecule has 1 amide bonds. The second-order valence-electron chi connectivity index (χ2n) is 8.57. The molecule has 3 unspecified atom stereocenters. The zero-order valence-corrected chi connectivity index (χ0v) is 15.9. The van der Waals surface area contributed by atoms with Gasteiger partial charge < -0.3 is 15.2 Å². The van der Waals surface area contributed by atoms with Crippen molar-refractivity contribution in [2.45, 2.75) is 69.9 Å². The maximum Gasteiger partial charge on any atom is 0.326 e. The van der Waals surface area contributed by atoms with E-state index >= 15 is 0 Å². The Kier molecular flexibility index (Phi) is 5.11. The molecule has 0 heterocycles. The number of amides is 1. The van der Waals surface area contributed by atoms with Gasteiger partial charge in [0.15, 0.2) is 0 Å². The number of benzene rings is 1. The Morgan fingerprint density at radius 3 is 2.77 bits per heavy atom. The van der Waals surface area contributed by atoms with Gasteiger partial charge in [0.25, 0.3) is 0 Å². The summed E-state index contributed by atoms with van der Waals surface area (Å²) in [4.78, 5) is 24.3. The minimum Gasteiger partial charge on any atom is -0.480 e. The predicted molar refractivity (Wildman–Crippen MR) is 99.1 cm³/mol. The van der Waals surface area contributed by atoms with Crippen LogP contribution in [0.2, 0.25) is 0 Å². The quantitative estimate of drug-likeness (QED) is 0.818. The van der Waals surface area contributed by atoms with Crippen molar-refractivity contribution in [3.05, 3.63) is 35.4 Å². The van der Waals surface area contributed by atoms with Crippen molar-refractivity contribution < 1.29 is 19.4 Å². The third kappa shape index (κ3) is 3.93. The van der Waals surface area contributed by atoms with Crippen LogP contribution in [-0.2, 0) is 26.2 Å². The lowest BCUT2D eigenvalue weighted by Gasteiger charge is -2.27. The average Bonchev–Trinajstić information content (AvgIpc) is 3.28. The van der Waals surface area contributed by atoms with E-state index in [1.54, 1.807) is 0 Å². The molecule has 2 N–H and O–H groups in total. The minimum absolute atomic E-state index is 0.0795. The van der Waals surface area contributed by atoms with Crippen LogP contribution in [0.5, 0.6) is 0 Å². The molecular formula is C21H29NO4. The van der Waals surface area contributed by atoms with Crippen LogP contribution in [0.15, 0.2) is 24.3 Å². The number of carboxylic acids is 1. The van der Waals surface area contributed by atoms with Crippen molar-refractivity contribution in [3.8, 4) is 0 Å². The Bertz CT molecular complexity index is 693. The third-order valence-corrected chi connectivity index (χ3v) is 5.57. The maximum atomic E-state index is 12.7. The predicted octanol–water partition coefficient (Wildman–Crippen LogP) is 3.06. The average molecular weight is 359 g/mol. The van der Waals surface area contributed by atoms with Gasteiger partial charge in [-0.05, 0) is 57.6 Å². The smallest absolute Gasteiger partial charge is 0.326 e. The molecule has 2 aliphatic rings. The van der Waals surface area contributed by atoms with E-state index < -0.39 is 12.0 Å². The molecule has 1 aromatic carbocycles. The lowest BCUT2D eigenvalue weighted by atomic mass is 9.78. The van der Waals surface area contributed by atoms with E-state index in [0.717, 1.165) is 25.7 Å². The van der Waals surface area contributed by atoms with Crippen LogP contribution in [0, 0.1) is 5.92 Å². The SMILES string of the molecule is CC(C)(C)OCCC(NC(=O)C1CC12CCCc1ccccc12)C(=O)O. The number of ether oxygens (including phenoxy) is 1. The zero-order chi connectivity index (χ0) is 18.9. The molecule has 5 nitrogen and oxygen atoms in total. The summed E-state index contributed by atoms with van der Waals surface area (Å²) in [5.74, 6) is -1.26. The molecule has 142 valence electrons. The van der Waals surface area contributed by atoms with E-state index in [2.05, 4.69) is 17.4 Å². The molecule has 0 radical (unpaired) electrons. The van der Waals surface area contributed by atoms with E-state index in [0.29, 0.717) is 6.61 Å². The van der Waals surface area contributed by atoms with Gasteiger partial charge in [-0.3, -0.25) is 4.79 Å². The molecule has 0 aliphatic heterocycles. The standard InChI is InChI=1S/C21H29NO4/c1-20(2,3)26-12-10-17(19(24)25)22-18(23)16-13-21(16)11-6-8-14-7-4-5-9-15(14)21/h4-5,7,9,16-17H,6,8,10-13H2,1-3H3,(H,22,23)(H,24,25). The Morgan fingerprint density at radius 2 is 2.08 bits per heavy atom. The van der Waals surface area contributed by atoms with E-state index in [1.165, 1.54) is 11.1 Å². The Hall–Kier alpha value is -1.88. The molecule has 1 aromatic rings. The number of carbonyl (C=O) groups is 2. The van der Waals surface area contributed by atoms with Gasteiger partial charge in [-0.1, -0.05) is 24.3 Å². The summed E-state index contributed by atoms with van der Waals surface area (Å²) in [5.41, 5.74) is 2.22. The number of carbonyl (C=O) groups excluding carboxylic acids is 1. The number of nitrogens with one attached hydrogen (secondary N) is 1. The second kappa shape index (κ2) is 7.03. The molecular weight excluding hydrogens is 330 g/mol. The number of hydrogen-bond acceptors (Lipinski definition) is 3. The normalized spacial score (nSPS) is 25.4. The van der Waals surface area contributed by atoms with Crippen molar-refractivity contribution >= 4 is 11.9 Å². The summed E-state index contributed by atoms with van der Waals surface area (Å²) in [7, 11) is 0. The Balaban J connectivity index is 1.63. The first-order valence-corrected chi connectivity index (χ1v) is 9.48. The highest BCUT2D eigenvalue weighted by Crippen LogP contribution is 2.60. The van der Waals surface area contributed by atoms with E-state index in [9.17, 15) is 14.7 Å². The summed E-state index contributed by atoms with van der Waals surface area (Å²) in [6, 6.07) is 7.45. The van der Waals surface area contributed by atoms with Gasteiger partial charge in [-0.25, -0.2) is 4.79 Å². The molecule has 1 spiro atoms. The Labute approximate surface area is 155 Å². The van der Waals surface area contributed by atoms with Crippen molar-refractivity contribution in [2.75, 3.05) is 6.61 Å². The molecule has 3 rings (SSSR count). The topological polar surface area (TPSA) is 75.6 Å². The highest BCUT2D eigenvalue weighted by atomic mass is 16.5. The summed E-state index contributed by atoms with van der Waals surface area (Å²) in [6.45, 7) is 6.08. The maximum absolute atomic E-state index is 12.7. The second-order valence-corrected chi connectivity index (χ2v) is 8.57. The monoisotopic (exact) mass is 359 g/mol. The molecule has 26 heavy (non-hydrogen) atoms. The van der Waals surface area contributed by atoms with E-state index in [4.69, 9.17) is 4.74 Å². The molecule has 5 heteroatoms. The van der Waals surface area contributed by atoms with Crippen LogP contribution < -0.4 is 5.32 Å². The number of aryl methyl sites for hydroxylation is 1. The van der Waals surface area contributed by atoms with E-state index in [1.807, 2.05) is 32.9 Å². The van der Waals surface area contributed by atoms with Crippen molar-refractivity contribution in [1.82, 2.24) is 5.32 Å². The van der Waals surface area contributed by atoms with Gasteiger partial charge in [0.2, 0.25) is 5.91 Å². The first-order valence-electron chi connectivity index (χ1n) is 9.48. The molecule has 1 saturated carbocycles. The van der Waals surface area contributed by atoms with Crippen LogP contribution in [0.3, 0.4) is 0 Å². The first-order chi connectivity index (χ1) is 12.2. The summed E-state index contributed by atoms with van der Waals surface area (Å²) >= 11 is 0. The molecule has 0 saturated heterocycles. The highest BCUT2D eigenvalue weighted by Gasteiger charge is 2.60. The zero-order valence-electron chi connectivity index (χ0n) is 15.9. The van der Waals surface area contributed by atoms with E-state index in [-0.39, 0.29) is 29.3 Å². The minimum atomic E-state index is -1.00. The van der Waals surface area contributed by atoms with Gasteiger partial charge in [0, 0.05) is 24.4 Å². The highest BCUT2D eigenvalue weighted by molar-refractivity contribution is 5.88. The van der Waals surface area contributed by atoms with Gasteiger partial charge >= 0.3 is 5.97 Å². The summed E-state index contributed by atoms with van der Waals surface area (Å²) in [6.07, 6.45) is 4.25. The fourth-order valence-corrected chi connectivity index (χ4v) is 4.19. The summed E-state index contributed by atoms with van der Waals surface area (Å²) < 4.78 is 5.61. The van der Waals surface area contributed by atoms with Gasteiger partial charge in [0.05, 0.1) is 5.60 Å². The fourth-order valence-electron chi connectivity index (χ4n) is 4.19. The number of fused-ring (bicyclic) bond motifs is 2.